The molecule has 2 heterocycles. The van der Waals surface area contributed by atoms with Gasteiger partial charge in [0.1, 0.15) is 11.2 Å². The van der Waals surface area contributed by atoms with E-state index in [4.69, 9.17) is 4.42 Å². The minimum Gasteiger partial charge on any atom is -0.455 e. The number of benzene rings is 9. The SMILES string of the molecule is c1ccc(-c2ccccc2N(c2cccc(-c3ccc4sc5ccccc5c4c3)c2)c2ccccc2-c2ccc3oc4c5ccccc5ccc4c3c2)cc1. The minimum absolute atomic E-state index is 0.891. The first-order chi connectivity index (χ1) is 27.3. The lowest BCUT2D eigenvalue weighted by atomic mass is 9.97. The lowest BCUT2D eigenvalue weighted by Crippen LogP contribution is -2.12. The number of thiophene rings is 1. The van der Waals surface area contributed by atoms with Gasteiger partial charge in [0.25, 0.3) is 0 Å². The van der Waals surface area contributed by atoms with E-state index in [0.717, 1.165) is 61.1 Å². The van der Waals surface area contributed by atoms with Gasteiger partial charge in [0, 0.05) is 53.1 Å². The van der Waals surface area contributed by atoms with Crippen LogP contribution in [0.5, 0.6) is 0 Å². The summed E-state index contributed by atoms with van der Waals surface area (Å²) in [5.41, 5.74) is 12.1. The molecule has 0 aliphatic heterocycles. The van der Waals surface area contributed by atoms with Gasteiger partial charge in [-0.3, -0.25) is 0 Å². The monoisotopic (exact) mass is 719 g/mol. The Morgan fingerprint density at radius 3 is 1.85 bits per heavy atom. The largest absolute Gasteiger partial charge is 0.455 e. The van der Waals surface area contributed by atoms with Crippen LogP contribution >= 0.6 is 11.3 Å². The van der Waals surface area contributed by atoms with Crippen molar-refractivity contribution in [3.8, 4) is 33.4 Å². The number of hydrogen-bond acceptors (Lipinski definition) is 3. The van der Waals surface area contributed by atoms with Gasteiger partial charge in [-0.15, -0.1) is 11.3 Å². The Labute approximate surface area is 322 Å². The molecule has 2 aromatic heterocycles. The van der Waals surface area contributed by atoms with E-state index in [1.807, 2.05) is 11.3 Å². The highest BCUT2D eigenvalue weighted by molar-refractivity contribution is 7.25. The van der Waals surface area contributed by atoms with E-state index in [9.17, 15) is 0 Å². The van der Waals surface area contributed by atoms with Gasteiger partial charge in [-0.2, -0.15) is 0 Å². The Morgan fingerprint density at radius 2 is 1.00 bits per heavy atom. The molecular formula is C52H33NOS. The molecule has 55 heavy (non-hydrogen) atoms. The van der Waals surface area contributed by atoms with Crippen molar-refractivity contribution in [3.05, 3.63) is 200 Å². The quantitative estimate of drug-likeness (QED) is 0.170. The molecule has 0 aliphatic carbocycles. The van der Waals surface area contributed by atoms with Crippen LogP contribution in [-0.2, 0) is 0 Å². The summed E-state index contributed by atoms with van der Waals surface area (Å²) < 4.78 is 9.16. The summed E-state index contributed by atoms with van der Waals surface area (Å²) in [5.74, 6) is 0. The van der Waals surface area contributed by atoms with Gasteiger partial charge in [0.2, 0.25) is 0 Å². The zero-order chi connectivity index (χ0) is 36.3. The molecule has 11 aromatic rings. The van der Waals surface area contributed by atoms with Crippen LogP contribution in [0.25, 0.3) is 86.3 Å². The third-order valence-electron chi connectivity index (χ3n) is 10.9. The predicted molar refractivity (Wildman–Crippen MR) is 235 cm³/mol. The topological polar surface area (TPSA) is 16.4 Å². The highest BCUT2D eigenvalue weighted by Gasteiger charge is 2.22. The molecule has 0 amide bonds. The van der Waals surface area contributed by atoms with E-state index in [1.165, 1.54) is 42.2 Å². The molecule has 0 unspecified atom stereocenters. The average Bonchev–Trinajstić information content (AvgIpc) is 3.83. The van der Waals surface area contributed by atoms with E-state index in [1.54, 1.807) is 0 Å². The number of fused-ring (bicyclic) bond motifs is 8. The summed E-state index contributed by atoms with van der Waals surface area (Å²) in [4.78, 5) is 2.44. The number of furan rings is 1. The third kappa shape index (κ3) is 5.32. The van der Waals surface area contributed by atoms with Gasteiger partial charge < -0.3 is 9.32 Å². The number of nitrogens with zero attached hydrogens (tertiary/aromatic N) is 1. The first-order valence-electron chi connectivity index (χ1n) is 18.7. The van der Waals surface area contributed by atoms with Crippen molar-refractivity contribution in [2.75, 3.05) is 4.90 Å². The summed E-state index contributed by atoms with van der Waals surface area (Å²) in [5, 5.41) is 7.16. The van der Waals surface area contributed by atoms with E-state index >= 15 is 0 Å². The van der Waals surface area contributed by atoms with Crippen molar-refractivity contribution in [2.45, 2.75) is 0 Å². The smallest absolute Gasteiger partial charge is 0.143 e. The first kappa shape index (κ1) is 31.6. The Bertz CT molecular complexity index is 3230. The van der Waals surface area contributed by atoms with Crippen molar-refractivity contribution in [3.63, 3.8) is 0 Å². The molecule has 0 saturated carbocycles. The summed E-state index contributed by atoms with van der Waals surface area (Å²) in [6, 6.07) is 72.3. The van der Waals surface area contributed by atoms with E-state index in [-0.39, 0.29) is 0 Å². The van der Waals surface area contributed by atoms with Gasteiger partial charge in [0.15, 0.2) is 0 Å². The second kappa shape index (κ2) is 12.9. The fourth-order valence-corrected chi connectivity index (χ4v) is 9.34. The zero-order valence-corrected chi connectivity index (χ0v) is 30.6. The van der Waals surface area contributed by atoms with E-state index in [2.05, 4.69) is 205 Å². The molecule has 3 heteroatoms. The van der Waals surface area contributed by atoms with Crippen LogP contribution in [0.1, 0.15) is 0 Å². The van der Waals surface area contributed by atoms with Gasteiger partial charge >= 0.3 is 0 Å². The van der Waals surface area contributed by atoms with Crippen LogP contribution in [0.4, 0.5) is 17.1 Å². The van der Waals surface area contributed by atoms with Gasteiger partial charge in [0.05, 0.1) is 11.4 Å². The number of para-hydroxylation sites is 2. The molecule has 0 radical (unpaired) electrons. The van der Waals surface area contributed by atoms with E-state index < -0.39 is 0 Å². The zero-order valence-electron chi connectivity index (χ0n) is 29.8. The van der Waals surface area contributed by atoms with E-state index in [0.29, 0.717) is 0 Å². The molecule has 0 spiro atoms. The average molecular weight is 720 g/mol. The molecule has 0 N–H and O–H groups in total. The Morgan fingerprint density at radius 1 is 0.364 bits per heavy atom. The van der Waals surface area contributed by atoms with Crippen LogP contribution in [0, 0.1) is 0 Å². The number of anilines is 3. The molecule has 0 aliphatic rings. The summed E-state index contributed by atoms with van der Waals surface area (Å²) in [6.45, 7) is 0. The summed E-state index contributed by atoms with van der Waals surface area (Å²) >= 11 is 1.86. The minimum atomic E-state index is 0.891. The third-order valence-corrected chi connectivity index (χ3v) is 12.0. The van der Waals surface area contributed by atoms with Crippen molar-refractivity contribution < 1.29 is 4.42 Å². The van der Waals surface area contributed by atoms with Crippen LogP contribution in [0.15, 0.2) is 205 Å². The lowest BCUT2D eigenvalue weighted by molar-refractivity contribution is 0.672. The highest BCUT2D eigenvalue weighted by Crippen LogP contribution is 2.46. The molecule has 0 bridgehead atoms. The molecular weight excluding hydrogens is 687 g/mol. The van der Waals surface area contributed by atoms with Crippen LogP contribution in [0.3, 0.4) is 0 Å². The molecule has 0 saturated heterocycles. The molecule has 9 aromatic carbocycles. The van der Waals surface area contributed by atoms with Gasteiger partial charge in [-0.1, -0.05) is 140 Å². The van der Waals surface area contributed by atoms with Crippen molar-refractivity contribution in [2.24, 2.45) is 0 Å². The molecule has 258 valence electrons. The van der Waals surface area contributed by atoms with Crippen LogP contribution in [-0.4, -0.2) is 0 Å². The fraction of sp³-hybridized carbons (Fsp3) is 0. The molecule has 0 fully saturated rings. The highest BCUT2D eigenvalue weighted by atomic mass is 32.1. The predicted octanol–water partition coefficient (Wildman–Crippen LogP) is 15.6. The Kier molecular flexibility index (Phi) is 7.39. The summed E-state index contributed by atoms with van der Waals surface area (Å²) in [7, 11) is 0. The second-order valence-corrected chi connectivity index (χ2v) is 15.2. The fourth-order valence-electron chi connectivity index (χ4n) is 8.25. The molecule has 11 rings (SSSR count). The van der Waals surface area contributed by atoms with Crippen LogP contribution < -0.4 is 4.90 Å². The molecule has 2 nitrogen and oxygen atoms in total. The van der Waals surface area contributed by atoms with Crippen molar-refractivity contribution in [1.29, 1.82) is 0 Å². The molecule has 0 atom stereocenters. The van der Waals surface area contributed by atoms with Gasteiger partial charge in [-0.25, -0.2) is 0 Å². The lowest BCUT2D eigenvalue weighted by Gasteiger charge is -2.30. The standard InChI is InChI=1S/C52H33NOS/c1-2-13-34(14-3-1)40-18-6-9-22-47(40)53(39-17-12-16-36(31-39)37-27-30-51-46(32-37)43-21-8-11-24-50(43)55-51)48-23-10-7-19-41(48)38-26-29-49-45(33-38)44-28-25-35-15-4-5-20-42(35)52(44)54-49/h1-33H. The maximum atomic E-state index is 6.53. The Hall–Kier alpha value is -6.94. The van der Waals surface area contributed by atoms with Crippen LogP contribution in [0.2, 0.25) is 0 Å². The number of rotatable bonds is 6. The normalized spacial score (nSPS) is 11.6. The van der Waals surface area contributed by atoms with Gasteiger partial charge in [-0.05, 0) is 88.3 Å². The maximum absolute atomic E-state index is 6.53. The number of hydrogen-bond donors (Lipinski definition) is 0. The second-order valence-electron chi connectivity index (χ2n) is 14.1. The summed E-state index contributed by atoms with van der Waals surface area (Å²) in [6.07, 6.45) is 0. The van der Waals surface area contributed by atoms with Crippen molar-refractivity contribution in [1.82, 2.24) is 0 Å². The maximum Gasteiger partial charge on any atom is 0.143 e. The Balaban J connectivity index is 1.11. The first-order valence-corrected chi connectivity index (χ1v) is 19.5. The van der Waals surface area contributed by atoms with Crippen molar-refractivity contribution >= 4 is 81.3 Å².